The van der Waals surface area contributed by atoms with Crippen molar-refractivity contribution in [1.82, 2.24) is 0 Å². The smallest absolute Gasteiger partial charge is 0.120 e. The first-order valence-corrected chi connectivity index (χ1v) is 9.13. The van der Waals surface area contributed by atoms with Crippen LogP contribution in [-0.2, 0) is 0 Å². The van der Waals surface area contributed by atoms with Gasteiger partial charge in [-0.15, -0.1) is 0 Å². The van der Waals surface area contributed by atoms with E-state index in [0.717, 1.165) is 6.42 Å². The highest BCUT2D eigenvalue weighted by molar-refractivity contribution is 5.56. The van der Waals surface area contributed by atoms with E-state index in [4.69, 9.17) is 0 Å². The van der Waals surface area contributed by atoms with E-state index in [9.17, 15) is 10.2 Å². The van der Waals surface area contributed by atoms with Crippen LogP contribution >= 0.6 is 0 Å². The summed E-state index contributed by atoms with van der Waals surface area (Å²) in [7, 11) is 0. The molecule has 2 aliphatic carbocycles. The van der Waals surface area contributed by atoms with Crippen molar-refractivity contribution in [2.75, 3.05) is 0 Å². The number of hydrogen-bond donors (Lipinski definition) is 2. The van der Waals surface area contributed by atoms with Crippen LogP contribution in [0.5, 0.6) is 0 Å². The van der Waals surface area contributed by atoms with Crippen molar-refractivity contribution in [3.63, 3.8) is 0 Å². The lowest BCUT2D eigenvalue weighted by atomic mass is 9.67. The first-order chi connectivity index (χ1) is 11.2. The summed E-state index contributed by atoms with van der Waals surface area (Å²) >= 11 is 0. The maximum absolute atomic E-state index is 10.8. The van der Waals surface area contributed by atoms with E-state index >= 15 is 0 Å². The largest absolute Gasteiger partial charge is 0.508 e. The third-order valence-corrected chi connectivity index (χ3v) is 5.50. The molecule has 0 aromatic heterocycles. The molecule has 0 spiro atoms. The lowest BCUT2D eigenvalue weighted by molar-refractivity contribution is 0.221. The summed E-state index contributed by atoms with van der Waals surface area (Å²) in [5, 5.41) is 21.6. The first kappa shape index (κ1) is 19.6. The number of rotatable bonds is 1. The SMILES string of the molecule is CC(C)(C)CC1(C)C=CC2=C(C=CC(C)(C(C)(C)C)C=C2O)C(O)=C1. The van der Waals surface area contributed by atoms with E-state index < -0.39 is 0 Å². The third-order valence-electron chi connectivity index (χ3n) is 5.50. The van der Waals surface area contributed by atoms with Gasteiger partial charge in [0.2, 0.25) is 0 Å². The summed E-state index contributed by atoms with van der Waals surface area (Å²) in [4.78, 5) is 0. The quantitative estimate of drug-likeness (QED) is 0.550. The van der Waals surface area contributed by atoms with Crippen LogP contribution < -0.4 is 0 Å². The van der Waals surface area contributed by atoms with Gasteiger partial charge in [0.05, 0.1) is 0 Å². The molecule has 2 atom stereocenters. The average Bonchev–Trinajstić information content (AvgIpc) is 2.57. The van der Waals surface area contributed by atoms with E-state index in [0.29, 0.717) is 11.1 Å². The van der Waals surface area contributed by atoms with Gasteiger partial charge in [-0.05, 0) is 29.4 Å². The van der Waals surface area contributed by atoms with E-state index in [1.54, 1.807) is 0 Å². The van der Waals surface area contributed by atoms with Gasteiger partial charge in [0.25, 0.3) is 0 Å². The summed E-state index contributed by atoms with van der Waals surface area (Å²) in [6.45, 7) is 17.3. The Morgan fingerprint density at radius 2 is 1.28 bits per heavy atom. The highest BCUT2D eigenvalue weighted by atomic mass is 16.3. The van der Waals surface area contributed by atoms with Crippen molar-refractivity contribution in [2.45, 2.75) is 61.8 Å². The van der Waals surface area contributed by atoms with Gasteiger partial charge in [0.1, 0.15) is 11.5 Å². The zero-order valence-corrected chi connectivity index (χ0v) is 17.1. The van der Waals surface area contributed by atoms with E-state index in [1.807, 2.05) is 24.3 Å². The second-order valence-electron chi connectivity index (χ2n) is 10.3. The molecule has 0 amide bonds. The van der Waals surface area contributed by atoms with Crippen molar-refractivity contribution >= 4 is 0 Å². The Morgan fingerprint density at radius 3 is 1.76 bits per heavy atom. The molecule has 2 aliphatic rings. The van der Waals surface area contributed by atoms with Gasteiger partial charge in [0, 0.05) is 22.0 Å². The molecule has 0 saturated heterocycles. The number of hydrogen-bond acceptors (Lipinski definition) is 2. The van der Waals surface area contributed by atoms with Gasteiger partial charge < -0.3 is 10.2 Å². The molecule has 25 heavy (non-hydrogen) atoms. The molecular weight excluding hydrogens is 308 g/mol. The van der Waals surface area contributed by atoms with E-state index in [-0.39, 0.29) is 33.2 Å². The predicted molar refractivity (Wildman–Crippen MR) is 106 cm³/mol. The van der Waals surface area contributed by atoms with Crippen LogP contribution in [0.3, 0.4) is 0 Å². The summed E-state index contributed by atoms with van der Waals surface area (Å²) in [6.07, 6.45) is 12.9. The second-order valence-corrected chi connectivity index (χ2v) is 10.3. The fraction of sp³-hybridized carbons (Fsp3) is 0.565. The predicted octanol–water partition coefficient (Wildman–Crippen LogP) is 6.80. The van der Waals surface area contributed by atoms with Crippen LogP contribution in [0.1, 0.15) is 61.8 Å². The van der Waals surface area contributed by atoms with E-state index in [1.165, 1.54) is 0 Å². The standard InChI is InChI=1S/C23H34O2/c1-20(2,3)15-22(7)11-9-16-17(18(24)13-22)10-12-23(8,14-19(16)25)21(4,5)6/h9-14,24-25H,15H2,1-8H3. The Morgan fingerprint density at radius 1 is 0.800 bits per heavy atom. The molecule has 0 radical (unpaired) electrons. The molecule has 0 fully saturated rings. The van der Waals surface area contributed by atoms with E-state index in [2.05, 4.69) is 67.5 Å². The Hall–Kier alpha value is -1.70. The molecule has 0 aliphatic heterocycles. The zero-order valence-electron chi connectivity index (χ0n) is 17.1. The molecule has 0 heterocycles. The zero-order chi connectivity index (χ0) is 19.3. The van der Waals surface area contributed by atoms with Gasteiger partial charge in [-0.2, -0.15) is 0 Å². The Labute approximate surface area is 153 Å². The van der Waals surface area contributed by atoms with Gasteiger partial charge in [-0.1, -0.05) is 79.7 Å². The summed E-state index contributed by atoms with van der Waals surface area (Å²) in [5.74, 6) is 0.467. The summed E-state index contributed by atoms with van der Waals surface area (Å²) in [5.41, 5.74) is 0.913. The maximum atomic E-state index is 10.8. The van der Waals surface area contributed by atoms with Crippen molar-refractivity contribution < 1.29 is 10.2 Å². The number of allylic oxidation sites excluding steroid dienone is 6. The van der Waals surface area contributed by atoms with Crippen LogP contribution in [0, 0.1) is 21.7 Å². The topological polar surface area (TPSA) is 40.5 Å². The highest BCUT2D eigenvalue weighted by Gasteiger charge is 2.36. The molecule has 138 valence electrons. The maximum Gasteiger partial charge on any atom is 0.120 e. The minimum absolute atomic E-state index is 0.0496. The van der Waals surface area contributed by atoms with Gasteiger partial charge in [-0.3, -0.25) is 0 Å². The third kappa shape index (κ3) is 4.11. The monoisotopic (exact) mass is 342 g/mol. The van der Waals surface area contributed by atoms with Crippen molar-refractivity contribution in [3.8, 4) is 0 Å². The van der Waals surface area contributed by atoms with Crippen LogP contribution in [0.4, 0.5) is 0 Å². The summed E-state index contributed by atoms with van der Waals surface area (Å²) < 4.78 is 0. The fourth-order valence-electron chi connectivity index (χ4n) is 3.72. The van der Waals surface area contributed by atoms with Crippen LogP contribution in [0.2, 0.25) is 0 Å². The Balaban J connectivity index is 2.53. The molecule has 0 saturated carbocycles. The molecule has 2 nitrogen and oxygen atoms in total. The lowest BCUT2D eigenvalue weighted by Gasteiger charge is -2.37. The molecule has 0 aromatic carbocycles. The molecule has 2 rings (SSSR count). The molecule has 2 N–H and O–H groups in total. The van der Waals surface area contributed by atoms with Crippen LogP contribution in [-0.4, -0.2) is 10.2 Å². The molecule has 2 heteroatoms. The Bertz CT molecular complexity index is 701. The lowest BCUT2D eigenvalue weighted by Crippen LogP contribution is -2.29. The van der Waals surface area contributed by atoms with Crippen molar-refractivity contribution in [3.05, 3.63) is 59.1 Å². The number of aliphatic hydroxyl groups excluding tert-OH is 2. The van der Waals surface area contributed by atoms with Crippen LogP contribution in [0.15, 0.2) is 59.1 Å². The van der Waals surface area contributed by atoms with Gasteiger partial charge >= 0.3 is 0 Å². The summed E-state index contributed by atoms with van der Waals surface area (Å²) in [6, 6.07) is 0. The van der Waals surface area contributed by atoms with Crippen LogP contribution in [0.25, 0.3) is 0 Å². The minimum Gasteiger partial charge on any atom is -0.508 e. The first-order valence-electron chi connectivity index (χ1n) is 9.13. The van der Waals surface area contributed by atoms with Gasteiger partial charge in [0.15, 0.2) is 0 Å². The minimum atomic E-state index is -0.299. The van der Waals surface area contributed by atoms with Crippen molar-refractivity contribution in [2.24, 2.45) is 21.7 Å². The number of aliphatic hydroxyl groups is 2. The molecule has 2 unspecified atom stereocenters. The van der Waals surface area contributed by atoms with Gasteiger partial charge in [-0.25, -0.2) is 0 Å². The van der Waals surface area contributed by atoms with Crippen molar-refractivity contribution in [1.29, 1.82) is 0 Å². The second kappa shape index (κ2) is 5.93. The molecular formula is C23H34O2. The average molecular weight is 343 g/mol. The molecule has 0 bridgehead atoms. The molecule has 0 aromatic rings. The highest BCUT2D eigenvalue weighted by Crippen LogP contribution is 2.46. The normalized spacial score (nSPS) is 30.4. The Kier molecular flexibility index (Phi) is 4.66. The fourth-order valence-corrected chi connectivity index (χ4v) is 3.72.